The zero-order valence-corrected chi connectivity index (χ0v) is 25.6. The van der Waals surface area contributed by atoms with E-state index in [1.165, 1.54) is 28.1 Å². The molecule has 0 aliphatic heterocycles. The van der Waals surface area contributed by atoms with Gasteiger partial charge in [-0.2, -0.15) is 0 Å². The van der Waals surface area contributed by atoms with Gasteiger partial charge in [-0.25, -0.2) is 19.2 Å². The number of ether oxygens (including phenoxy) is 6. The van der Waals surface area contributed by atoms with Gasteiger partial charge >= 0.3 is 24.1 Å². The first-order chi connectivity index (χ1) is 22.1. The van der Waals surface area contributed by atoms with E-state index >= 15 is 0 Å². The molecule has 2 atom stereocenters. The normalized spacial score (nSPS) is 11.8. The number of benzene rings is 4. The third-order valence-electron chi connectivity index (χ3n) is 6.60. The molecule has 12 nitrogen and oxygen atoms in total. The van der Waals surface area contributed by atoms with Crippen LogP contribution in [-0.4, -0.2) is 50.8 Å². The van der Waals surface area contributed by atoms with Gasteiger partial charge in [0.2, 0.25) is 0 Å². The van der Waals surface area contributed by atoms with Gasteiger partial charge in [0, 0.05) is 44.8 Å². The van der Waals surface area contributed by atoms with Crippen molar-refractivity contribution in [2.45, 2.75) is 26.3 Å². The Labute approximate surface area is 264 Å². The molecule has 0 aliphatic carbocycles. The minimum absolute atomic E-state index is 0.0759. The molecule has 0 aliphatic rings. The first-order valence-electron chi connectivity index (χ1n) is 13.9. The number of hydrogen-bond acceptors (Lipinski definition) is 10. The molecule has 2 N–H and O–H groups in total. The van der Waals surface area contributed by atoms with Crippen LogP contribution in [0.2, 0.25) is 0 Å². The highest BCUT2D eigenvalue weighted by atomic mass is 16.6. The first kappa shape index (κ1) is 32.9. The second-order valence-corrected chi connectivity index (χ2v) is 9.64. The average Bonchev–Trinajstić information content (AvgIpc) is 3.04. The van der Waals surface area contributed by atoms with Crippen LogP contribution in [-0.2, 0) is 19.1 Å². The third-order valence-corrected chi connectivity index (χ3v) is 6.60. The third kappa shape index (κ3) is 7.36. The van der Waals surface area contributed by atoms with E-state index in [4.69, 9.17) is 28.4 Å². The van der Waals surface area contributed by atoms with Crippen LogP contribution in [0.5, 0.6) is 23.0 Å². The first-order valence-corrected chi connectivity index (χ1v) is 13.9. The Balaban J connectivity index is 1.91. The lowest BCUT2D eigenvalue weighted by molar-refractivity contribution is -0.144. The van der Waals surface area contributed by atoms with Crippen molar-refractivity contribution in [1.29, 1.82) is 0 Å². The Morgan fingerprint density at radius 1 is 0.630 bits per heavy atom. The van der Waals surface area contributed by atoms with Crippen LogP contribution in [0, 0.1) is 0 Å². The Bertz CT molecular complexity index is 1700. The van der Waals surface area contributed by atoms with Gasteiger partial charge in [0.15, 0.2) is 12.5 Å². The average molecular weight is 629 g/mol. The van der Waals surface area contributed by atoms with Gasteiger partial charge < -0.3 is 28.4 Å². The van der Waals surface area contributed by atoms with E-state index in [9.17, 15) is 19.2 Å². The zero-order chi connectivity index (χ0) is 33.4. The molecular formula is C34H32N2O10. The molecule has 0 bridgehead atoms. The molecule has 4 rings (SSSR count). The molecule has 12 heteroatoms. The summed E-state index contributed by atoms with van der Waals surface area (Å²) in [5.74, 6) is -0.460. The molecule has 0 saturated heterocycles. The molecular weight excluding hydrogens is 596 g/mol. The lowest BCUT2D eigenvalue weighted by atomic mass is 9.95. The Morgan fingerprint density at radius 2 is 0.978 bits per heavy atom. The van der Waals surface area contributed by atoms with E-state index < -0.39 is 36.6 Å². The van der Waals surface area contributed by atoms with Crippen LogP contribution in [0.4, 0.5) is 9.59 Å². The van der Waals surface area contributed by atoms with Gasteiger partial charge in [0.25, 0.3) is 0 Å². The van der Waals surface area contributed by atoms with Crippen molar-refractivity contribution in [1.82, 2.24) is 10.6 Å². The summed E-state index contributed by atoms with van der Waals surface area (Å²) in [4.78, 5) is 49.6. The number of rotatable bonds is 11. The van der Waals surface area contributed by atoms with E-state index in [-0.39, 0.29) is 11.5 Å². The second-order valence-electron chi connectivity index (χ2n) is 9.64. The smallest absolute Gasteiger partial charge is 0.415 e. The molecule has 238 valence electrons. The maximum Gasteiger partial charge on any atom is 0.415 e. The maximum absolute atomic E-state index is 13.2. The van der Waals surface area contributed by atoms with E-state index in [2.05, 4.69) is 23.8 Å². The fraction of sp³-hybridized carbons (Fsp3) is 0.176. The molecule has 2 unspecified atom stereocenters. The summed E-state index contributed by atoms with van der Waals surface area (Å²) in [6, 6.07) is 17.4. The summed E-state index contributed by atoms with van der Waals surface area (Å²) < 4.78 is 33.3. The van der Waals surface area contributed by atoms with Crippen molar-refractivity contribution in [2.75, 3.05) is 14.2 Å². The van der Waals surface area contributed by atoms with Crippen molar-refractivity contribution < 1.29 is 47.6 Å². The quantitative estimate of drug-likeness (QED) is 0.115. The Hall–Kier alpha value is -6.04. The number of methoxy groups -OCH3 is 2. The minimum atomic E-state index is -1.05. The molecule has 0 aromatic heterocycles. The molecule has 4 aromatic carbocycles. The van der Waals surface area contributed by atoms with Gasteiger partial charge in [-0.15, -0.1) is 0 Å². The number of hydrogen-bond donors (Lipinski definition) is 2. The molecule has 46 heavy (non-hydrogen) atoms. The zero-order valence-electron chi connectivity index (χ0n) is 25.6. The van der Waals surface area contributed by atoms with Crippen LogP contribution in [0.15, 0.2) is 86.0 Å². The summed E-state index contributed by atoms with van der Waals surface area (Å²) in [5.41, 5.74) is 0.582. The fourth-order valence-corrected chi connectivity index (χ4v) is 4.67. The number of nitrogens with one attached hydrogen (secondary N) is 2. The summed E-state index contributed by atoms with van der Waals surface area (Å²) in [6.45, 7) is 9.58. The van der Waals surface area contributed by atoms with Crippen molar-refractivity contribution in [3.8, 4) is 34.1 Å². The van der Waals surface area contributed by atoms with Crippen molar-refractivity contribution in [3.63, 3.8) is 0 Å². The molecule has 0 radical (unpaired) electrons. The van der Waals surface area contributed by atoms with Gasteiger partial charge in [0.1, 0.15) is 23.0 Å². The van der Waals surface area contributed by atoms with Crippen LogP contribution in [0.3, 0.4) is 0 Å². The van der Waals surface area contributed by atoms with Crippen LogP contribution < -0.4 is 29.6 Å². The number of fused-ring (bicyclic) bond motifs is 2. The lowest BCUT2D eigenvalue weighted by Crippen LogP contribution is -2.38. The topological polar surface area (TPSA) is 148 Å². The number of carbonyl (C=O) groups excluding carboxylic acids is 4. The van der Waals surface area contributed by atoms with E-state index in [1.807, 2.05) is 0 Å². The predicted octanol–water partition coefficient (Wildman–Crippen LogP) is 6.00. The van der Waals surface area contributed by atoms with Crippen LogP contribution in [0.25, 0.3) is 32.7 Å². The molecule has 2 amide bonds. The van der Waals surface area contributed by atoms with Gasteiger partial charge in [0.05, 0.1) is 14.2 Å². The van der Waals surface area contributed by atoms with E-state index in [1.54, 1.807) is 60.7 Å². The highest BCUT2D eigenvalue weighted by Gasteiger charge is 2.26. The Morgan fingerprint density at radius 3 is 1.30 bits per heavy atom. The SMILES string of the molecule is C=CC(=O)OC(C)NC(=O)Oc1c(-c2cc(OC)c3ccccc3c2OC(=O)NC(C)OC(=O)C=C)cc(OC)c2ccccc12. The summed E-state index contributed by atoms with van der Waals surface area (Å²) >= 11 is 0. The number of esters is 2. The monoisotopic (exact) mass is 628 g/mol. The van der Waals surface area contributed by atoms with E-state index in [0.29, 0.717) is 44.2 Å². The standard InChI is InChI=1S/C34H32N2O10/c1-7-29(37)43-19(3)35-33(39)45-31-23-15-11-9-13-21(23)27(41-5)17-25(31)26-18-28(42-6)22-14-10-12-16-24(22)32(26)46-34(40)36-20(4)44-30(38)8-2/h7-20H,1-2H2,3-6H3,(H,35,39)(H,36,40). The molecule has 0 spiro atoms. The molecule has 4 aromatic rings. The highest BCUT2D eigenvalue weighted by molar-refractivity contribution is 6.06. The summed E-state index contributed by atoms with van der Waals surface area (Å²) in [7, 11) is 2.98. The fourth-order valence-electron chi connectivity index (χ4n) is 4.67. The lowest BCUT2D eigenvalue weighted by Gasteiger charge is -2.21. The molecule has 0 heterocycles. The largest absolute Gasteiger partial charge is 0.496 e. The maximum atomic E-state index is 13.2. The number of amides is 2. The van der Waals surface area contributed by atoms with Crippen LogP contribution in [0.1, 0.15) is 13.8 Å². The van der Waals surface area contributed by atoms with Crippen molar-refractivity contribution in [2.24, 2.45) is 0 Å². The Kier molecular flexibility index (Phi) is 10.4. The molecule has 0 saturated carbocycles. The highest BCUT2D eigenvalue weighted by Crippen LogP contribution is 2.49. The predicted molar refractivity (Wildman–Crippen MR) is 170 cm³/mol. The minimum Gasteiger partial charge on any atom is -0.496 e. The van der Waals surface area contributed by atoms with Gasteiger partial charge in [-0.05, 0) is 26.0 Å². The molecule has 0 fully saturated rings. The summed E-state index contributed by atoms with van der Waals surface area (Å²) in [5, 5.41) is 7.11. The van der Waals surface area contributed by atoms with Crippen LogP contribution >= 0.6 is 0 Å². The second kappa shape index (κ2) is 14.6. The number of carbonyl (C=O) groups is 4. The van der Waals surface area contributed by atoms with Crippen molar-refractivity contribution >= 4 is 45.7 Å². The van der Waals surface area contributed by atoms with E-state index in [0.717, 1.165) is 12.2 Å². The van der Waals surface area contributed by atoms with Crippen molar-refractivity contribution in [3.05, 3.63) is 86.0 Å². The van der Waals surface area contributed by atoms with Gasteiger partial charge in [-0.1, -0.05) is 61.7 Å². The van der Waals surface area contributed by atoms with Gasteiger partial charge in [-0.3, -0.25) is 10.6 Å². The summed E-state index contributed by atoms with van der Waals surface area (Å²) in [6.07, 6.45) is -2.04.